The zero-order valence-electron chi connectivity index (χ0n) is 15.8. The molecule has 0 aliphatic carbocycles. The van der Waals surface area contributed by atoms with Crippen molar-refractivity contribution in [2.75, 3.05) is 36.5 Å². The number of benzene rings is 2. The Morgan fingerprint density at radius 2 is 1.69 bits per heavy atom. The maximum Gasteiger partial charge on any atom is 0.228 e. The third kappa shape index (κ3) is 4.94. The first-order valence-corrected chi connectivity index (χ1v) is 9.48. The van der Waals surface area contributed by atoms with Crippen LogP contribution in [0.5, 0.6) is 0 Å². The van der Waals surface area contributed by atoms with Gasteiger partial charge in [-0.2, -0.15) is 0 Å². The molecule has 6 nitrogen and oxygen atoms in total. The van der Waals surface area contributed by atoms with Gasteiger partial charge in [0.1, 0.15) is 5.82 Å². The number of ether oxygens (including phenoxy) is 1. The molecule has 0 atom stereocenters. The maximum atomic E-state index is 12.9. The second kappa shape index (κ2) is 8.79. The van der Waals surface area contributed by atoms with Crippen LogP contribution in [0, 0.1) is 5.82 Å². The summed E-state index contributed by atoms with van der Waals surface area (Å²) in [5.41, 5.74) is 3.14. The van der Waals surface area contributed by atoms with E-state index in [0.717, 1.165) is 35.7 Å². The molecular formula is C22H21FN4O2. The Hall–Kier alpha value is -3.32. The zero-order chi connectivity index (χ0) is 20.1. The molecule has 4 rings (SSSR count). The number of halogens is 1. The average molecular weight is 392 g/mol. The Morgan fingerprint density at radius 3 is 2.34 bits per heavy atom. The van der Waals surface area contributed by atoms with Crippen LogP contribution >= 0.6 is 0 Å². The van der Waals surface area contributed by atoms with Crippen molar-refractivity contribution in [2.45, 2.75) is 6.42 Å². The number of nitrogens with zero attached hydrogens (tertiary/aromatic N) is 3. The summed E-state index contributed by atoms with van der Waals surface area (Å²) in [6, 6.07) is 17.3. The zero-order valence-corrected chi connectivity index (χ0v) is 15.8. The number of amides is 1. The SMILES string of the molecule is O=C(Cc1ccc(F)cc1)Nc1ccc(-c2ccc(N3CCOCC3)nn2)cc1. The molecule has 1 saturated heterocycles. The van der Waals surface area contributed by atoms with Gasteiger partial charge in [-0.3, -0.25) is 4.79 Å². The second-order valence-corrected chi connectivity index (χ2v) is 6.80. The topological polar surface area (TPSA) is 67.4 Å². The Labute approximate surface area is 168 Å². The average Bonchev–Trinajstić information content (AvgIpc) is 2.77. The predicted molar refractivity (Wildman–Crippen MR) is 109 cm³/mol. The summed E-state index contributed by atoms with van der Waals surface area (Å²) in [7, 11) is 0. The molecule has 7 heteroatoms. The summed E-state index contributed by atoms with van der Waals surface area (Å²) in [5, 5.41) is 11.5. The summed E-state index contributed by atoms with van der Waals surface area (Å²) in [4.78, 5) is 14.3. The molecule has 1 aliphatic heterocycles. The first-order valence-electron chi connectivity index (χ1n) is 9.48. The van der Waals surface area contributed by atoms with Crippen LogP contribution in [0.15, 0.2) is 60.7 Å². The van der Waals surface area contributed by atoms with Gasteiger partial charge in [0.15, 0.2) is 5.82 Å². The lowest BCUT2D eigenvalue weighted by atomic mass is 10.1. The largest absolute Gasteiger partial charge is 0.378 e. The third-order valence-electron chi connectivity index (χ3n) is 4.73. The molecule has 0 spiro atoms. The molecular weight excluding hydrogens is 371 g/mol. The lowest BCUT2D eigenvalue weighted by molar-refractivity contribution is -0.115. The van der Waals surface area contributed by atoms with Crippen LogP contribution in [0.2, 0.25) is 0 Å². The molecule has 1 fully saturated rings. The van der Waals surface area contributed by atoms with E-state index in [1.165, 1.54) is 12.1 Å². The van der Waals surface area contributed by atoms with Crippen LogP contribution in [0.1, 0.15) is 5.56 Å². The summed E-state index contributed by atoms with van der Waals surface area (Å²) in [5.74, 6) is 0.381. The lowest BCUT2D eigenvalue weighted by Crippen LogP contribution is -2.36. The predicted octanol–water partition coefficient (Wildman–Crippen LogP) is 3.30. The molecule has 1 amide bonds. The first kappa shape index (κ1) is 19.0. The smallest absolute Gasteiger partial charge is 0.228 e. The van der Waals surface area contributed by atoms with Gasteiger partial charge in [0, 0.05) is 24.3 Å². The van der Waals surface area contributed by atoms with Gasteiger partial charge >= 0.3 is 0 Å². The maximum absolute atomic E-state index is 12.9. The van der Waals surface area contributed by atoms with Crippen LogP contribution in [0.3, 0.4) is 0 Å². The monoisotopic (exact) mass is 392 g/mol. The van der Waals surface area contributed by atoms with Gasteiger partial charge in [0.2, 0.25) is 5.91 Å². The van der Waals surface area contributed by atoms with E-state index in [1.54, 1.807) is 12.1 Å². The Morgan fingerprint density at radius 1 is 0.966 bits per heavy atom. The highest BCUT2D eigenvalue weighted by molar-refractivity contribution is 5.92. The number of hydrogen-bond acceptors (Lipinski definition) is 5. The molecule has 0 unspecified atom stereocenters. The fraction of sp³-hybridized carbons (Fsp3) is 0.227. The van der Waals surface area contributed by atoms with E-state index < -0.39 is 0 Å². The number of rotatable bonds is 5. The molecule has 2 heterocycles. The quantitative estimate of drug-likeness (QED) is 0.722. The van der Waals surface area contributed by atoms with Crippen LogP contribution in [0.25, 0.3) is 11.3 Å². The van der Waals surface area contributed by atoms with E-state index >= 15 is 0 Å². The van der Waals surface area contributed by atoms with Gasteiger partial charge in [0.05, 0.1) is 25.3 Å². The van der Waals surface area contributed by atoms with Crippen molar-refractivity contribution in [1.82, 2.24) is 10.2 Å². The first-order chi connectivity index (χ1) is 14.2. The van der Waals surface area contributed by atoms with Gasteiger partial charge in [-0.1, -0.05) is 24.3 Å². The van der Waals surface area contributed by atoms with Crippen LogP contribution in [0.4, 0.5) is 15.9 Å². The van der Waals surface area contributed by atoms with E-state index in [-0.39, 0.29) is 18.1 Å². The van der Waals surface area contributed by atoms with Gasteiger partial charge in [-0.05, 0) is 42.0 Å². The number of nitrogens with one attached hydrogen (secondary N) is 1. The van der Waals surface area contributed by atoms with E-state index in [0.29, 0.717) is 18.9 Å². The van der Waals surface area contributed by atoms with Crippen LogP contribution < -0.4 is 10.2 Å². The van der Waals surface area contributed by atoms with Crippen LogP contribution in [-0.2, 0) is 16.0 Å². The van der Waals surface area contributed by atoms with Gasteiger partial charge in [0.25, 0.3) is 0 Å². The minimum absolute atomic E-state index is 0.154. The molecule has 1 aliphatic rings. The van der Waals surface area contributed by atoms with E-state index in [1.807, 2.05) is 36.4 Å². The highest BCUT2D eigenvalue weighted by Gasteiger charge is 2.13. The molecule has 29 heavy (non-hydrogen) atoms. The van der Waals surface area contributed by atoms with Crippen molar-refractivity contribution in [3.05, 3.63) is 72.0 Å². The second-order valence-electron chi connectivity index (χ2n) is 6.80. The standard InChI is InChI=1S/C22H21FN4O2/c23-18-5-1-16(2-6-18)15-22(28)24-19-7-3-17(4-8-19)20-9-10-21(26-25-20)27-11-13-29-14-12-27/h1-10H,11-15H2,(H,24,28). The van der Waals surface area contributed by atoms with Crippen LogP contribution in [-0.4, -0.2) is 42.4 Å². The number of hydrogen-bond donors (Lipinski definition) is 1. The summed E-state index contributed by atoms with van der Waals surface area (Å²) >= 11 is 0. The number of aromatic nitrogens is 2. The van der Waals surface area contributed by atoms with Crippen molar-refractivity contribution in [2.24, 2.45) is 0 Å². The fourth-order valence-corrected chi connectivity index (χ4v) is 3.16. The lowest BCUT2D eigenvalue weighted by Gasteiger charge is -2.27. The molecule has 0 radical (unpaired) electrons. The normalized spacial score (nSPS) is 13.9. The van der Waals surface area contributed by atoms with Crippen molar-refractivity contribution in [1.29, 1.82) is 0 Å². The van der Waals surface area contributed by atoms with Crippen molar-refractivity contribution in [3.63, 3.8) is 0 Å². The van der Waals surface area contributed by atoms with Crippen molar-refractivity contribution < 1.29 is 13.9 Å². The fourth-order valence-electron chi connectivity index (χ4n) is 3.16. The Balaban J connectivity index is 1.37. The highest BCUT2D eigenvalue weighted by Crippen LogP contribution is 2.21. The number of carbonyl (C=O) groups excluding carboxylic acids is 1. The summed E-state index contributed by atoms with van der Waals surface area (Å²) in [6.07, 6.45) is 0.191. The summed E-state index contributed by atoms with van der Waals surface area (Å²) in [6.45, 7) is 3.05. The van der Waals surface area contributed by atoms with E-state index in [2.05, 4.69) is 20.4 Å². The highest BCUT2D eigenvalue weighted by atomic mass is 19.1. The number of anilines is 2. The van der Waals surface area contributed by atoms with E-state index in [9.17, 15) is 9.18 Å². The van der Waals surface area contributed by atoms with Gasteiger partial charge in [-0.15, -0.1) is 10.2 Å². The summed E-state index contributed by atoms with van der Waals surface area (Å²) < 4.78 is 18.3. The Bertz CT molecular complexity index is 954. The number of carbonyl (C=O) groups is 1. The van der Waals surface area contributed by atoms with E-state index in [4.69, 9.17) is 4.74 Å². The molecule has 2 aromatic carbocycles. The molecule has 0 saturated carbocycles. The molecule has 3 aromatic rings. The Kier molecular flexibility index (Phi) is 5.76. The minimum Gasteiger partial charge on any atom is -0.378 e. The van der Waals surface area contributed by atoms with Gasteiger partial charge < -0.3 is 15.0 Å². The molecule has 1 N–H and O–H groups in total. The minimum atomic E-state index is -0.314. The number of morpholine rings is 1. The van der Waals surface area contributed by atoms with Crippen molar-refractivity contribution in [3.8, 4) is 11.3 Å². The van der Waals surface area contributed by atoms with Crippen molar-refractivity contribution >= 4 is 17.4 Å². The molecule has 0 bridgehead atoms. The molecule has 148 valence electrons. The molecule has 1 aromatic heterocycles. The third-order valence-corrected chi connectivity index (χ3v) is 4.73. The van der Waals surface area contributed by atoms with Gasteiger partial charge in [-0.25, -0.2) is 4.39 Å².